The maximum Gasteiger partial charge on any atom is 0.223 e. The Balaban J connectivity index is 2.15. The molecule has 2 rings (SSSR count). The van der Waals surface area contributed by atoms with E-state index in [1.165, 1.54) is 0 Å². The number of benzene rings is 1. The summed E-state index contributed by atoms with van der Waals surface area (Å²) in [5.74, 6) is 1.33. The summed E-state index contributed by atoms with van der Waals surface area (Å²) in [5.41, 5.74) is 1.90. The molecule has 0 amide bonds. The smallest absolute Gasteiger partial charge is 0.223 e. The zero-order valence-electron chi connectivity index (χ0n) is 12.5. The Morgan fingerprint density at radius 3 is 2.67 bits per heavy atom. The van der Waals surface area contributed by atoms with Crippen molar-refractivity contribution < 1.29 is 9.84 Å². The summed E-state index contributed by atoms with van der Waals surface area (Å²) in [5, 5.41) is 12.5. The normalized spacial score (nSPS) is 12.1. The summed E-state index contributed by atoms with van der Waals surface area (Å²) in [6.45, 7) is 5.24. The molecule has 2 N–H and O–H groups in total. The second-order valence-corrected chi connectivity index (χ2v) is 4.98. The number of aliphatic hydroxyl groups excluding tert-OH is 1. The van der Waals surface area contributed by atoms with Crippen LogP contribution in [0.5, 0.6) is 11.6 Å². The van der Waals surface area contributed by atoms with Crippen LogP contribution in [0, 0.1) is 0 Å². The number of hydrogen-bond donors (Lipinski definition) is 2. The zero-order chi connectivity index (χ0) is 15.1. The lowest BCUT2D eigenvalue weighted by molar-refractivity contribution is 0.281. The summed E-state index contributed by atoms with van der Waals surface area (Å²) < 4.78 is 5.88. The number of nitrogens with one attached hydrogen (secondary N) is 1. The molecule has 0 bridgehead atoms. The summed E-state index contributed by atoms with van der Waals surface area (Å²) in [6, 6.07) is 11.5. The number of nitrogens with zero attached hydrogens (tertiary/aromatic N) is 1. The van der Waals surface area contributed by atoms with Crippen LogP contribution in [0.1, 0.15) is 37.4 Å². The minimum Gasteiger partial charge on any atom is -0.439 e. The quantitative estimate of drug-likeness (QED) is 0.819. The first-order valence-corrected chi connectivity index (χ1v) is 7.30. The molecule has 1 aromatic heterocycles. The second kappa shape index (κ2) is 7.76. The molecule has 0 aliphatic heterocycles. The molecule has 0 aliphatic carbocycles. The van der Waals surface area contributed by atoms with Crippen molar-refractivity contribution >= 4 is 0 Å². The molecule has 21 heavy (non-hydrogen) atoms. The van der Waals surface area contributed by atoms with Crippen molar-refractivity contribution in [1.29, 1.82) is 0 Å². The maximum absolute atomic E-state index is 9.06. The van der Waals surface area contributed by atoms with Crippen LogP contribution in [-0.4, -0.2) is 16.6 Å². The van der Waals surface area contributed by atoms with E-state index in [9.17, 15) is 0 Å². The fourth-order valence-corrected chi connectivity index (χ4v) is 2.06. The van der Waals surface area contributed by atoms with Crippen LogP contribution in [0.2, 0.25) is 0 Å². The molecular formula is C17H22N2O2. The predicted molar refractivity (Wildman–Crippen MR) is 83.4 cm³/mol. The van der Waals surface area contributed by atoms with E-state index in [0.717, 1.165) is 29.8 Å². The highest BCUT2D eigenvalue weighted by molar-refractivity contribution is 5.35. The fraction of sp³-hybridized carbons (Fsp3) is 0.353. The average Bonchev–Trinajstić information content (AvgIpc) is 2.54. The van der Waals surface area contributed by atoms with Crippen LogP contribution in [-0.2, 0) is 6.61 Å². The van der Waals surface area contributed by atoms with Crippen LogP contribution in [0.4, 0.5) is 0 Å². The molecule has 0 saturated carbocycles. The summed E-state index contributed by atoms with van der Waals surface area (Å²) in [4.78, 5) is 4.33. The van der Waals surface area contributed by atoms with E-state index in [4.69, 9.17) is 9.84 Å². The standard InChI is InChI=1S/C17H22N2O2/c1-3-10-18-13(2)16-5-4-11-19-17(16)21-15-8-6-14(12-20)7-9-15/h4-9,11,13,18,20H,3,10,12H2,1-2H3. The third kappa shape index (κ3) is 4.28. The first kappa shape index (κ1) is 15.5. The lowest BCUT2D eigenvalue weighted by atomic mass is 10.1. The van der Waals surface area contributed by atoms with Crippen molar-refractivity contribution in [3.63, 3.8) is 0 Å². The minimum absolute atomic E-state index is 0.0348. The topological polar surface area (TPSA) is 54.4 Å². The molecule has 112 valence electrons. The third-order valence-electron chi connectivity index (χ3n) is 3.29. The van der Waals surface area contributed by atoms with Gasteiger partial charge in [0.25, 0.3) is 0 Å². The number of rotatable bonds is 7. The van der Waals surface area contributed by atoms with E-state index in [-0.39, 0.29) is 12.6 Å². The molecule has 0 spiro atoms. The van der Waals surface area contributed by atoms with Crippen LogP contribution < -0.4 is 10.1 Å². The van der Waals surface area contributed by atoms with Crippen LogP contribution in [0.3, 0.4) is 0 Å². The number of aliphatic hydroxyl groups is 1. The highest BCUT2D eigenvalue weighted by atomic mass is 16.5. The van der Waals surface area contributed by atoms with Crippen LogP contribution in [0.15, 0.2) is 42.6 Å². The van der Waals surface area contributed by atoms with Crippen LogP contribution >= 0.6 is 0 Å². The Bertz CT molecular complexity index is 555. The summed E-state index contributed by atoms with van der Waals surface area (Å²) in [7, 11) is 0. The van der Waals surface area contributed by atoms with E-state index in [1.54, 1.807) is 6.20 Å². The molecule has 1 unspecified atom stereocenters. The number of pyridine rings is 1. The van der Waals surface area contributed by atoms with Gasteiger partial charge < -0.3 is 15.2 Å². The van der Waals surface area contributed by atoms with Gasteiger partial charge in [0.2, 0.25) is 5.88 Å². The largest absolute Gasteiger partial charge is 0.439 e. The predicted octanol–water partition coefficient (Wildman–Crippen LogP) is 3.43. The lowest BCUT2D eigenvalue weighted by Gasteiger charge is -2.17. The van der Waals surface area contributed by atoms with Gasteiger partial charge in [-0.05, 0) is 43.7 Å². The van der Waals surface area contributed by atoms with Gasteiger partial charge in [-0.15, -0.1) is 0 Å². The maximum atomic E-state index is 9.06. The van der Waals surface area contributed by atoms with Gasteiger partial charge in [0, 0.05) is 17.8 Å². The van der Waals surface area contributed by atoms with Crippen molar-refractivity contribution in [1.82, 2.24) is 10.3 Å². The zero-order valence-corrected chi connectivity index (χ0v) is 12.5. The molecule has 4 nitrogen and oxygen atoms in total. The Kier molecular flexibility index (Phi) is 5.72. The number of hydrogen-bond acceptors (Lipinski definition) is 4. The van der Waals surface area contributed by atoms with Crippen molar-refractivity contribution in [3.8, 4) is 11.6 Å². The van der Waals surface area contributed by atoms with Crippen molar-refractivity contribution in [2.75, 3.05) is 6.54 Å². The molecule has 0 saturated heterocycles. The SMILES string of the molecule is CCCNC(C)c1cccnc1Oc1ccc(CO)cc1. The van der Waals surface area contributed by atoms with Gasteiger partial charge in [-0.2, -0.15) is 0 Å². The first-order chi connectivity index (χ1) is 10.2. The molecule has 1 atom stereocenters. The van der Waals surface area contributed by atoms with Gasteiger partial charge in [-0.3, -0.25) is 0 Å². The van der Waals surface area contributed by atoms with Crippen molar-refractivity contribution in [3.05, 3.63) is 53.7 Å². The molecule has 4 heteroatoms. The monoisotopic (exact) mass is 286 g/mol. The second-order valence-electron chi connectivity index (χ2n) is 4.98. The van der Waals surface area contributed by atoms with Gasteiger partial charge in [-0.25, -0.2) is 4.98 Å². The molecule has 2 aromatic rings. The molecular weight excluding hydrogens is 264 g/mol. The average molecular weight is 286 g/mol. The van der Waals surface area contributed by atoms with Crippen LogP contribution in [0.25, 0.3) is 0 Å². The summed E-state index contributed by atoms with van der Waals surface area (Å²) >= 11 is 0. The molecule has 0 aliphatic rings. The van der Waals surface area contributed by atoms with E-state index in [0.29, 0.717) is 5.88 Å². The van der Waals surface area contributed by atoms with E-state index in [2.05, 4.69) is 24.1 Å². The number of aromatic nitrogens is 1. The third-order valence-corrected chi connectivity index (χ3v) is 3.29. The highest BCUT2D eigenvalue weighted by Crippen LogP contribution is 2.27. The van der Waals surface area contributed by atoms with Crippen molar-refractivity contribution in [2.24, 2.45) is 0 Å². The number of ether oxygens (including phenoxy) is 1. The van der Waals surface area contributed by atoms with Gasteiger partial charge in [0.05, 0.1) is 6.61 Å². The van der Waals surface area contributed by atoms with Gasteiger partial charge in [0.15, 0.2) is 0 Å². The van der Waals surface area contributed by atoms with Gasteiger partial charge in [0.1, 0.15) is 5.75 Å². The molecule has 1 heterocycles. The molecule has 0 radical (unpaired) electrons. The molecule has 0 fully saturated rings. The Morgan fingerprint density at radius 1 is 1.24 bits per heavy atom. The Morgan fingerprint density at radius 2 is 2.00 bits per heavy atom. The molecule has 1 aromatic carbocycles. The van der Waals surface area contributed by atoms with Crippen molar-refractivity contribution in [2.45, 2.75) is 32.9 Å². The Hall–Kier alpha value is -1.91. The fourth-order valence-electron chi connectivity index (χ4n) is 2.06. The lowest BCUT2D eigenvalue weighted by Crippen LogP contribution is -2.20. The minimum atomic E-state index is 0.0348. The Labute approximate surface area is 125 Å². The van der Waals surface area contributed by atoms with E-state index >= 15 is 0 Å². The highest BCUT2D eigenvalue weighted by Gasteiger charge is 2.12. The first-order valence-electron chi connectivity index (χ1n) is 7.30. The van der Waals surface area contributed by atoms with Gasteiger partial charge in [-0.1, -0.05) is 25.1 Å². The van der Waals surface area contributed by atoms with Gasteiger partial charge >= 0.3 is 0 Å². The van der Waals surface area contributed by atoms with E-state index < -0.39 is 0 Å². The summed E-state index contributed by atoms with van der Waals surface area (Å²) in [6.07, 6.45) is 2.82. The van der Waals surface area contributed by atoms with E-state index in [1.807, 2.05) is 36.4 Å².